The van der Waals surface area contributed by atoms with E-state index in [-0.39, 0.29) is 18.3 Å². The topological polar surface area (TPSA) is 81.4 Å². The van der Waals surface area contributed by atoms with Crippen LogP contribution in [0.1, 0.15) is 30.9 Å². The Hall–Kier alpha value is -1.11. The Kier molecular flexibility index (Phi) is 4.67. The zero-order valence-electron chi connectivity index (χ0n) is 12.0. The molecule has 112 valence electrons. The zero-order chi connectivity index (χ0) is 14.8. The summed E-state index contributed by atoms with van der Waals surface area (Å²) in [7, 11) is -1.71. The Balaban J connectivity index is 2.48. The Morgan fingerprint density at radius 3 is 2.80 bits per heavy atom. The first kappa shape index (κ1) is 15.3. The molecule has 6 heteroatoms. The highest BCUT2D eigenvalue weighted by molar-refractivity contribution is 7.91. The summed E-state index contributed by atoms with van der Waals surface area (Å²) in [6.45, 7) is 2.86. The molecular weight excluding hydrogens is 276 g/mol. The summed E-state index contributed by atoms with van der Waals surface area (Å²) in [6, 6.07) is 3.46. The Bertz CT molecular complexity index is 584. The lowest BCUT2D eigenvalue weighted by Gasteiger charge is -2.13. The van der Waals surface area contributed by atoms with Gasteiger partial charge in [-0.15, -0.1) is 0 Å². The van der Waals surface area contributed by atoms with Crippen LogP contribution >= 0.6 is 0 Å². The first-order valence-electron chi connectivity index (χ1n) is 6.87. The van der Waals surface area contributed by atoms with Crippen molar-refractivity contribution < 1.29 is 13.2 Å². The lowest BCUT2D eigenvalue weighted by atomic mass is 10.1. The first-order chi connectivity index (χ1) is 9.51. The summed E-state index contributed by atoms with van der Waals surface area (Å²) in [5.74, 6) is 0.793. The largest absolute Gasteiger partial charge is 0.496 e. The molecular formula is C14H22N2O3S. The van der Waals surface area contributed by atoms with E-state index in [9.17, 15) is 8.42 Å². The molecule has 0 saturated carbocycles. The van der Waals surface area contributed by atoms with E-state index in [4.69, 9.17) is 10.5 Å². The van der Waals surface area contributed by atoms with Gasteiger partial charge in [-0.1, -0.05) is 13.3 Å². The van der Waals surface area contributed by atoms with E-state index in [1.54, 1.807) is 19.2 Å². The second-order valence-corrected chi connectivity index (χ2v) is 7.13. The quantitative estimate of drug-likeness (QED) is 0.873. The first-order valence-corrected chi connectivity index (χ1v) is 8.53. The summed E-state index contributed by atoms with van der Waals surface area (Å²) in [6.07, 6.45) is 1.81. The predicted molar refractivity (Wildman–Crippen MR) is 78.5 cm³/mol. The number of ether oxygens (including phenoxy) is 1. The molecule has 1 atom stereocenters. The third-order valence-corrected chi connectivity index (χ3v) is 5.55. The van der Waals surface area contributed by atoms with Crippen LogP contribution in [0.2, 0.25) is 0 Å². The molecule has 0 aliphatic carbocycles. The molecule has 0 fully saturated rings. The minimum absolute atomic E-state index is 0.00437. The average Bonchev–Trinajstić information content (AvgIpc) is 2.54. The molecule has 20 heavy (non-hydrogen) atoms. The third kappa shape index (κ3) is 2.97. The maximum absolute atomic E-state index is 12.5. The normalized spacial score (nSPS) is 21.1. The zero-order valence-corrected chi connectivity index (χ0v) is 12.8. The summed E-state index contributed by atoms with van der Waals surface area (Å²) in [5, 5.41) is 3.32. The van der Waals surface area contributed by atoms with Gasteiger partial charge in [-0.05, 0) is 24.1 Å². The van der Waals surface area contributed by atoms with Crippen molar-refractivity contribution in [3.05, 3.63) is 23.3 Å². The number of rotatable bonds is 4. The molecule has 5 nitrogen and oxygen atoms in total. The van der Waals surface area contributed by atoms with Crippen molar-refractivity contribution in [2.75, 3.05) is 12.9 Å². The second-order valence-electron chi connectivity index (χ2n) is 5.12. The highest BCUT2D eigenvalue weighted by Crippen LogP contribution is 2.29. The smallest absolute Gasteiger partial charge is 0.180 e. The Morgan fingerprint density at radius 1 is 1.45 bits per heavy atom. The van der Waals surface area contributed by atoms with Crippen LogP contribution in [0.25, 0.3) is 0 Å². The maximum Gasteiger partial charge on any atom is 0.180 e. The molecule has 1 aromatic carbocycles. The number of hydrogen-bond donors (Lipinski definition) is 2. The van der Waals surface area contributed by atoms with Crippen LogP contribution in [-0.2, 0) is 22.9 Å². The van der Waals surface area contributed by atoms with Crippen molar-refractivity contribution in [3.8, 4) is 5.75 Å². The highest BCUT2D eigenvalue weighted by atomic mass is 32.2. The number of hydrogen-bond acceptors (Lipinski definition) is 5. The van der Waals surface area contributed by atoms with Crippen LogP contribution < -0.4 is 15.8 Å². The van der Waals surface area contributed by atoms with Gasteiger partial charge < -0.3 is 15.8 Å². The van der Waals surface area contributed by atoms with Gasteiger partial charge in [0.25, 0.3) is 0 Å². The fourth-order valence-electron chi connectivity index (χ4n) is 2.62. The molecule has 1 heterocycles. The standard InChI is InChI=1S/C14H22N2O3S/c1-3-4-12-9-20(17,18)14-6-10(7-15)13(19-2)5-11(14)8-16-12/h5-6,12,16H,3-4,7-9,15H2,1-2H3. The lowest BCUT2D eigenvalue weighted by molar-refractivity contribution is 0.408. The average molecular weight is 298 g/mol. The van der Waals surface area contributed by atoms with Crippen LogP contribution in [0.3, 0.4) is 0 Å². The molecule has 1 unspecified atom stereocenters. The summed E-state index contributed by atoms with van der Waals surface area (Å²) < 4.78 is 30.3. The van der Waals surface area contributed by atoms with E-state index in [0.717, 1.165) is 24.0 Å². The fourth-order valence-corrected chi connectivity index (χ4v) is 4.47. The summed E-state index contributed by atoms with van der Waals surface area (Å²) in [4.78, 5) is 0.393. The molecule has 1 aliphatic rings. The van der Waals surface area contributed by atoms with Crippen molar-refractivity contribution in [2.45, 2.75) is 43.8 Å². The van der Waals surface area contributed by atoms with E-state index in [2.05, 4.69) is 12.2 Å². The minimum Gasteiger partial charge on any atom is -0.496 e. The molecule has 1 aromatic rings. The lowest BCUT2D eigenvalue weighted by Crippen LogP contribution is -2.32. The molecule has 0 aromatic heterocycles. The fraction of sp³-hybridized carbons (Fsp3) is 0.571. The molecule has 0 saturated heterocycles. The van der Waals surface area contributed by atoms with Gasteiger partial charge in [0.2, 0.25) is 0 Å². The van der Waals surface area contributed by atoms with Gasteiger partial charge in [-0.3, -0.25) is 0 Å². The van der Waals surface area contributed by atoms with Crippen molar-refractivity contribution in [3.63, 3.8) is 0 Å². The number of benzene rings is 1. The van der Waals surface area contributed by atoms with Gasteiger partial charge in [0.1, 0.15) is 5.75 Å². The third-order valence-electron chi connectivity index (χ3n) is 3.66. The maximum atomic E-state index is 12.5. The molecule has 2 rings (SSSR count). The molecule has 3 N–H and O–H groups in total. The predicted octanol–water partition coefficient (Wildman–Crippen LogP) is 1.20. The van der Waals surface area contributed by atoms with Crippen LogP contribution in [0.15, 0.2) is 17.0 Å². The van der Waals surface area contributed by atoms with E-state index < -0.39 is 9.84 Å². The number of sulfone groups is 1. The molecule has 0 amide bonds. The summed E-state index contributed by atoms with van der Waals surface area (Å²) >= 11 is 0. The van der Waals surface area contributed by atoms with Gasteiger partial charge >= 0.3 is 0 Å². The number of nitrogens with one attached hydrogen (secondary N) is 1. The van der Waals surface area contributed by atoms with E-state index >= 15 is 0 Å². The van der Waals surface area contributed by atoms with Crippen molar-refractivity contribution in [1.29, 1.82) is 0 Å². The van der Waals surface area contributed by atoms with E-state index in [1.807, 2.05) is 0 Å². The van der Waals surface area contributed by atoms with E-state index in [0.29, 0.717) is 17.2 Å². The number of nitrogens with two attached hydrogens (primary N) is 1. The van der Waals surface area contributed by atoms with Gasteiger partial charge in [-0.25, -0.2) is 8.42 Å². The van der Waals surface area contributed by atoms with Gasteiger partial charge in [-0.2, -0.15) is 0 Å². The second kappa shape index (κ2) is 6.11. The van der Waals surface area contributed by atoms with Crippen LogP contribution in [0.4, 0.5) is 0 Å². The highest BCUT2D eigenvalue weighted by Gasteiger charge is 2.28. The van der Waals surface area contributed by atoms with Gasteiger partial charge in [0, 0.05) is 24.7 Å². The minimum atomic E-state index is -3.28. The van der Waals surface area contributed by atoms with Crippen LogP contribution in [0.5, 0.6) is 5.75 Å². The van der Waals surface area contributed by atoms with Gasteiger partial charge in [0.15, 0.2) is 9.84 Å². The number of methoxy groups -OCH3 is 1. The van der Waals surface area contributed by atoms with Crippen molar-refractivity contribution in [1.82, 2.24) is 5.32 Å². The summed E-state index contributed by atoms with van der Waals surface area (Å²) in [5.41, 5.74) is 7.16. The van der Waals surface area contributed by atoms with Gasteiger partial charge in [0.05, 0.1) is 17.8 Å². The van der Waals surface area contributed by atoms with Crippen molar-refractivity contribution >= 4 is 9.84 Å². The molecule has 1 aliphatic heterocycles. The monoisotopic (exact) mass is 298 g/mol. The Labute approximate surface area is 120 Å². The van der Waals surface area contributed by atoms with Crippen molar-refractivity contribution in [2.24, 2.45) is 5.73 Å². The SMILES string of the molecule is CCCC1CS(=O)(=O)c2cc(CN)c(OC)cc2CN1. The van der Waals surface area contributed by atoms with Crippen LogP contribution in [-0.4, -0.2) is 27.3 Å². The molecule has 0 bridgehead atoms. The number of fused-ring (bicyclic) bond motifs is 1. The molecule has 0 spiro atoms. The Morgan fingerprint density at radius 2 is 2.20 bits per heavy atom. The van der Waals surface area contributed by atoms with E-state index in [1.165, 1.54) is 0 Å². The molecule has 0 radical (unpaired) electrons. The van der Waals surface area contributed by atoms with Crippen LogP contribution in [0, 0.1) is 0 Å².